The first kappa shape index (κ1) is 10.9. The number of H-pyrrole nitrogens is 1. The Bertz CT molecular complexity index is 589. The van der Waals surface area contributed by atoms with Gasteiger partial charge in [-0.2, -0.15) is 15.4 Å². The second-order valence-electron chi connectivity index (χ2n) is 3.39. The molecule has 0 aliphatic rings. The van der Waals surface area contributed by atoms with Gasteiger partial charge in [0.1, 0.15) is 11.0 Å². The molecule has 1 radical (unpaired) electrons. The molecule has 0 spiro atoms. The maximum absolute atomic E-state index is 4.07. The SMILES string of the molecule is [Cu].c1ccc(-c2ccc3n[nH]nc3c2)cc1. The van der Waals surface area contributed by atoms with Gasteiger partial charge >= 0.3 is 0 Å². The van der Waals surface area contributed by atoms with Gasteiger partial charge in [0.15, 0.2) is 0 Å². The van der Waals surface area contributed by atoms with E-state index in [9.17, 15) is 0 Å². The van der Waals surface area contributed by atoms with Crippen LogP contribution >= 0.6 is 0 Å². The number of aromatic nitrogens is 3. The molecule has 0 saturated carbocycles. The van der Waals surface area contributed by atoms with Crippen LogP contribution in [0.1, 0.15) is 0 Å². The molecular weight excluding hydrogens is 250 g/mol. The van der Waals surface area contributed by atoms with Crippen molar-refractivity contribution in [2.24, 2.45) is 0 Å². The Morgan fingerprint density at radius 1 is 0.750 bits per heavy atom. The van der Waals surface area contributed by atoms with Crippen LogP contribution in [0, 0.1) is 0 Å². The third-order valence-electron chi connectivity index (χ3n) is 2.42. The molecule has 2 aromatic carbocycles. The van der Waals surface area contributed by atoms with E-state index in [2.05, 4.69) is 33.6 Å². The van der Waals surface area contributed by atoms with Crippen molar-refractivity contribution in [3.8, 4) is 11.1 Å². The van der Waals surface area contributed by atoms with Crippen molar-refractivity contribution in [3.63, 3.8) is 0 Å². The Morgan fingerprint density at radius 2 is 1.50 bits per heavy atom. The molecule has 0 unspecified atom stereocenters. The normalized spacial score (nSPS) is 10.0. The fraction of sp³-hybridized carbons (Fsp3) is 0. The van der Waals surface area contributed by atoms with Gasteiger partial charge in [-0.1, -0.05) is 36.4 Å². The molecule has 0 atom stereocenters. The summed E-state index contributed by atoms with van der Waals surface area (Å²) in [6.07, 6.45) is 0. The van der Waals surface area contributed by atoms with E-state index in [4.69, 9.17) is 0 Å². The van der Waals surface area contributed by atoms with Gasteiger partial charge in [-0.15, -0.1) is 0 Å². The smallest absolute Gasteiger partial charge is 0.113 e. The summed E-state index contributed by atoms with van der Waals surface area (Å²) in [4.78, 5) is 0. The molecule has 16 heavy (non-hydrogen) atoms. The summed E-state index contributed by atoms with van der Waals surface area (Å²) in [5, 5.41) is 10.7. The van der Waals surface area contributed by atoms with Crippen molar-refractivity contribution < 1.29 is 17.1 Å². The van der Waals surface area contributed by atoms with Crippen LogP contribution in [-0.4, -0.2) is 15.4 Å². The van der Waals surface area contributed by atoms with Crippen LogP contribution in [0.25, 0.3) is 22.2 Å². The summed E-state index contributed by atoms with van der Waals surface area (Å²) in [5.41, 5.74) is 4.16. The van der Waals surface area contributed by atoms with E-state index in [0.717, 1.165) is 16.6 Å². The van der Waals surface area contributed by atoms with Crippen LogP contribution in [0.2, 0.25) is 0 Å². The Hall–Kier alpha value is -1.64. The molecule has 3 rings (SSSR count). The molecule has 1 N–H and O–H groups in total. The Kier molecular flexibility index (Phi) is 3.04. The van der Waals surface area contributed by atoms with Crippen molar-refractivity contribution in [1.29, 1.82) is 0 Å². The van der Waals surface area contributed by atoms with Gasteiger partial charge in [0.05, 0.1) is 0 Å². The van der Waals surface area contributed by atoms with E-state index in [1.165, 1.54) is 5.56 Å². The number of nitrogens with one attached hydrogen (secondary N) is 1. The molecule has 83 valence electrons. The number of nitrogens with zero attached hydrogens (tertiary/aromatic N) is 2. The van der Waals surface area contributed by atoms with Crippen molar-refractivity contribution in [1.82, 2.24) is 15.4 Å². The van der Waals surface area contributed by atoms with E-state index in [1.807, 2.05) is 30.3 Å². The number of aromatic amines is 1. The third-order valence-corrected chi connectivity index (χ3v) is 2.42. The van der Waals surface area contributed by atoms with Crippen molar-refractivity contribution >= 4 is 11.0 Å². The van der Waals surface area contributed by atoms with E-state index in [-0.39, 0.29) is 17.1 Å². The fourth-order valence-corrected chi connectivity index (χ4v) is 1.65. The Morgan fingerprint density at radius 3 is 2.31 bits per heavy atom. The van der Waals surface area contributed by atoms with Gasteiger partial charge in [0, 0.05) is 17.1 Å². The monoisotopic (exact) mass is 258 g/mol. The quantitative estimate of drug-likeness (QED) is 0.682. The van der Waals surface area contributed by atoms with Gasteiger partial charge in [-0.25, -0.2) is 0 Å². The largest absolute Gasteiger partial charge is 0.197 e. The number of rotatable bonds is 1. The summed E-state index contributed by atoms with van der Waals surface area (Å²) < 4.78 is 0. The molecule has 0 fully saturated rings. The van der Waals surface area contributed by atoms with Crippen LogP contribution < -0.4 is 0 Å². The van der Waals surface area contributed by atoms with Crippen molar-refractivity contribution in [2.75, 3.05) is 0 Å². The predicted molar refractivity (Wildman–Crippen MR) is 59.3 cm³/mol. The van der Waals surface area contributed by atoms with Gasteiger partial charge in [-0.3, -0.25) is 0 Å². The first-order valence-electron chi connectivity index (χ1n) is 4.79. The summed E-state index contributed by atoms with van der Waals surface area (Å²) in [6.45, 7) is 0. The molecule has 1 heterocycles. The number of hydrogen-bond donors (Lipinski definition) is 1. The zero-order valence-electron chi connectivity index (χ0n) is 8.31. The zero-order chi connectivity index (χ0) is 10.1. The second kappa shape index (κ2) is 4.47. The van der Waals surface area contributed by atoms with Gasteiger partial charge in [0.2, 0.25) is 0 Å². The van der Waals surface area contributed by atoms with E-state index in [1.54, 1.807) is 0 Å². The van der Waals surface area contributed by atoms with Crippen molar-refractivity contribution in [3.05, 3.63) is 48.5 Å². The molecule has 0 amide bonds. The van der Waals surface area contributed by atoms with E-state index in [0.29, 0.717) is 0 Å². The first-order chi connectivity index (χ1) is 7.43. The molecule has 3 aromatic rings. The maximum atomic E-state index is 4.07. The Balaban J connectivity index is 0.000000963. The minimum absolute atomic E-state index is 0. The molecule has 3 nitrogen and oxygen atoms in total. The van der Waals surface area contributed by atoms with Gasteiger partial charge < -0.3 is 0 Å². The molecule has 0 aliphatic heterocycles. The Labute approximate surface area is 103 Å². The maximum Gasteiger partial charge on any atom is 0.113 e. The number of hydrogen-bond acceptors (Lipinski definition) is 2. The molecule has 0 bridgehead atoms. The standard InChI is InChI=1S/C12H9N3.Cu/c1-2-4-9(5-3-1)10-6-7-11-12(8-10)14-15-13-11;/h1-8H,(H,13,14,15);. The van der Waals surface area contributed by atoms with E-state index < -0.39 is 0 Å². The minimum atomic E-state index is 0. The van der Waals surface area contributed by atoms with Gasteiger partial charge in [0.25, 0.3) is 0 Å². The predicted octanol–water partition coefficient (Wildman–Crippen LogP) is 2.62. The topological polar surface area (TPSA) is 41.6 Å². The van der Waals surface area contributed by atoms with Crippen LogP contribution in [0.4, 0.5) is 0 Å². The average molecular weight is 259 g/mol. The third kappa shape index (κ3) is 1.85. The first-order valence-corrected chi connectivity index (χ1v) is 4.79. The van der Waals surface area contributed by atoms with Crippen LogP contribution in [0.3, 0.4) is 0 Å². The summed E-state index contributed by atoms with van der Waals surface area (Å²) in [5.74, 6) is 0. The summed E-state index contributed by atoms with van der Waals surface area (Å²) >= 11 is 0. The minimum Gasteiger partial charge on any atom is -0.197 e. The molecule has 4 heteroatoms. The van der Waals surface area contributed by atoms with Crippen LogP contribution in [-0.2, 0) is 17.1 Å². The van der Waals surface area contributed by atoms with Crippen LogP contribution in [0.5, 0.6) is 0 Å². The van der Waals surface area contributed by atoms with Crippen LogP contribution in [0.15, 0.2) is 48.5 Å². The van der Waals surface area contributed by atoms with Gasteiger partial charge in [-0.05, 0) is 23.3 Å². The molecule has 1 aromatic heterocycles. The number of benzene rings is 2. The second-order valence-corrected chi connectivity index (χ2v) is 3.39. The summed E-state index contributed by atoms with van der Waals surface area (Å²) in [6, 6.07) is 16.3. The summed E-state index contributed by atoms with van der Waals surface area (Å²) in [7, 11) is 0. The fourth-order valence-electron chi connectivity index (χ4n) is 1.65. The molecule has 0 saturated heterocycles. The van der Waals surface area contributed by atoms with Crippen molar-refractivity contribution in [2.45, 2.75) is 0 Å². The molecular formula is C12H9CuN3. The number of fused-ring (bicyclic) bond motifs is 1. The molecule has 0 aliphatic carbocycles. The zero-order valence-corrected chi connectivity index (χ0v) is 9.26. The van der Waals surface area contributed by atoms with E-state index >= 15 is 0 Å². The average Bonchev–Trinajstić information content (AvgIpc) is 2.77.